The molecule has 0 saturated carbocycles. The van der Waals surface area contributed by atoms with E-state index in [0.29, 0.717) is 5.56 Å². The van der Waals surface area contributed by atoms with Crippen LogP contribution >= 0.6 is 0 Å². The number of Topliss-reactive ketones (excluding diaryl/α,β-unsaturated/α-hetero) is 1. The van der Waals surface area contributed by atoms with Crippen LogP contribution in [0.1, 0.15) is 11.1 Å². The highest BCUT2D eigenvalue weighted by Crippen LogP contribution is 2.12. The van der Waals surface area contributed by atoms with E-state index in [4.69, 9.17) is 0 Å². The van der Waals surface area contributed by atoms with E-state index in [1.807, 2.05) is 0 Å². The van der Waals surface area contributed by atoms with Crippen LogP contribution in [0.2, 0.25) is 0 Å². The molecule has 19 heavy (non-hydrogen) atoms. The molecule has 98 valence electrons. The van der Waals surface area contributed by atoms with Crippen LogP contribution in [0.4, 0.5) is 13.2 Å². The summed E-state index contributed by atoms with van der Waals surface area (Å²) in [6.07, 6.45) is -0.114. The summed E-state index contributed by atoms with van der Waals surface area (Å²) in [6, 6.07) is 8.51. The third-order valence-corrected chi connectivity index (χ3v) is 2.71. The molecule has 0 spiro atoms. The molecule has 0 aliphatic carbocycles. The van der Waals surface area contributed by atoms with E-state index in [2.05, 4.69) is 0 Å². The second kappa shape index (κ2) is 5.69. The number of rotatable bonds is 4. The van der Waals surface area contributed by atoms with Crippen molar-refractivity contribution in [2.75, 3.05) is 0 Å². The molecule has 0 aliphatic heterocycles. The Bertz CT molecular complexity index is 591. The van der Waals surface area contributed by atoms with Gasteiger partial charge in [0, 0.05) is 12.8 Å². The zero-order chi connectivity index (χ0) is 13.8. The molecule has 4 heteroatoms. The van der Waals surface area contributed by atoms with Gasteiger partial charge >= 0.3 is 0 Å². The van der Waals surface area contributed by atoms with Crippen molar-refractivity contribution in [3.63, 3.8) is 0 Å². The molecule has 0 fully saturated rings. The maximum absolute atomic E-state index is 13.4. The van der Waals surface area contributed by atoms with E-state index in [1.54, 1.807) is 0 Å². The van der Waals surface area contributed by atoms with Gasteiger partial charge in [-0.3, -0.25) is 4.79 Å². The Hall–Kier alpha value is -2.10. The van der Waals surface area contributed by atoms with Gasteiger partial charge in [-0.15, -0.1) is 0 Å². The molecular formula is C15H11F3O. The molecular weight excluding hydrogens is 253 g/mol. The van der Waals surface area contributed by atoms with Crippen LogP contribution in [0.25, 0.3) is 0 Å². The fourth-order valence-electron chi connectivity index (χ4n) is 1.78. The van der Waals surface area contributed by atoms with Crippen molar-refractivity contribution in [3.05, 3.63) is 71.0 Å². The van der Waals surface area contributed by atoms with Crippen LogP contribution in [0.5, 0.6) is 0 Å². The topological polar surface area (TPSA) is 17.1 Å². The highest BCUT2D eigenvalue weighted by atomic mass is 19.1. The Morgan fingerprint density at radius 1 is 0.842 bits per heavy atom. The lowest BCUT2D eigenvalue weighted by atomic mass is 10.0. The monoisotopic (exact) mass is 264 g/mol. The van der Waals surface area contributed by atoms with Gasteiger partial charge in [0.05, 0.1) is 0 Å². The number of carbonyl (C=O) groups is 1. The fraction of sp³-hybridized carbons (Fsp3) is 0.133. The smallest absolute Gasteiger partial charge is 0.141 e. The van der Waals surface area contributed by atoms with E-state index in [-0.39, 0.29) is 30.0 Å². The van der Waals surface area contributed by atoms with Crippen molar-refractivity contribution < 1.29 is 18.0 Å². The van der Waals surface area contributed by atoms with Crippen LogP contribution in [-0.4, -0.2) is 5.78 Å². The fourth-order valence-corrected chi connectivity index (χ4v) is 1.78. The summed E-state index contributed by atoms with van der Waals surface area (Å²) in [4.78, 5) is 11.7. The summed E-state index contributed by atoms with van der Waals surface area (Å²) in [5.41, 5.74) is 0.676. The molecule has 0 aromatic heterocycles. The first kappa shape index (κ1) is 13.3. The van der Waals surface area contributed by atoms with Gasteiger partial charge in [0.25, 0.3) is 0 Å². The Morgan fingerprint density at radius 2 is 1.47 bits per heavy atom. The standard InChI is InChI=1S/C15H11F3O/c16-12-3-1-10(2-4-12)7-14(19)9-11-8-13(17)5-6-15(11)18/h1-6,8H,7,9H2. The number of hydrogen-bond acceptors (Lipinski definition) is 1. The Morgan fingerprint density at radius 3 is 2.16 bits per heavy atom. The van der Waals surface area contributed by atoms with Crippen LogP contribution in [-0.2, 0) is 17.6 Å². The summed E-state index contributed by atoms with van der Waals surface area (Å²) in [5.74, 6) is -1.82. The maximum Gasteiger partial charge on any atom is 0.141 e. The second-order valence-corrected chi connectivity index (χ2v) is 4.25. The van der Waals surface area contributed by atoms with E-state index in [1.165, 1.54) is 24.3 Å². The number of hydrogen-bond donors (Lipinski definition) is 0. The summed E-state index contributed by atoms with van der Waals surface area (Å²) in [5, 5.41) is 0. The molecule has 2 aromatic rings. The molecule has 0 unspecified atom stereocenters. The Kier molecular flexibility index (Phi) is 4.00. The normalized spacial score (nSPS) is 10.5. The molecule has 0 radical (unpaired) electrons. The van der Waals surface area contributed by atoms with E-state index in [9.17, 15) is 18.0 Å². The van der Waals surface area contributed by atoms with Crippen molar-refractivity contribution in [1.29, 1.82) is 0 Å². The summed E-state index contributed by atoms with van der Waals surface area (Å²) in [7, 11) is 0. The predicted molar refractivity (Wildman–Crippen MR) is 65.2 cm³/mol. The van der Waals surface area contributed by atoms with Gasteiger partial charge < -0.3 is 0 Å². The SMILES string of the molecule is O=C(Cc1ccc(F)cc1)Cc1cc(F)ccc1F. The van der Waals surface area contributed by atoms with Gasteiger partial charge in [0.1, 0.15) is 23.2 Å². The van der Waals surface area contributed by atoms with Gasteiger partial charge in [0.15, 0.2) is 0 Å². The minimum Gasteiger partial charge on any atom is -0.299 e. The van der Waals surface area contributed by atoms with Crippen molar-refractivity contribution in [1.82, 2.24) is 0 Å². The van der Waals surface area contributed by atoms with Crippen LogP contribution in [0, 0.1) is 17.5 Å². The van der Waals surface area contributed by atoms with Crippen LogP contribution < -0.4 is 0 Å². The highest BCUT2D eigenvalue weighted by Gasteiger charge is 2.10. The summed E-state index contributed by atoms with van der Waals surface area (Å²) in [6.45, 7) is 0. The average molecular weight is 264 g/mol. The van der Waals surface area contributed by atoms with Gasteiger partial charge in [-0.05, 0) is 41.5 Å². The molecule has 0 heterocycles. The highest BCUT2D eigenvalue weighted by molar-refractivity contribution is 5.83. The van der Waals surface area contributed by atoms with Gasteiger partial charge in [0.2, 0.25) is 0 Å². The first-order chi connectivity index (χ1) is 9.04. The largest absolute Gasteiger partial charge is 0.299 e. The quantitative estimate of drug-likeness (QED) is 0.826. The van der Waals surface area contributed by atoms with Crippen molar-refractivity contribution >= 4 is 5.78 Å². The minimum absolute atomic E-state index is 0.0344. The van der Waals surface area contributed by atoms with Gasteiger partial charge in [-0.25, -0.2) is 13.2 Å². The Labute approximate surface area is 108 Å². The molecule has 0 aliphatic rings. The summed E-state index contributed by atoms with van der Waals surface area (Å²) < 4.78 is 39.0. The first-order valence-corrected chi connectivity index (χ1v) is 5.74. The Balaban J connectivity index is 2.05. The number of carbonyl (C=O) groups excluding carboxylic acids is 1. The lowest BCUT2D eigenvalue weighted by Gasteiger charge is -2.04. The van der Waals surface area contributed by atoms with Crippen molar-refractivity contribution in [2.45, 2.75) is 12.8 Å². The minimum atomic E-state index is -0.603. The molecule has 0 saturated heterocycles. The number of ketones is 1. The van der Waals surface area contributed by atoms with E-state index >= 15 is 0 Å². The zero-order valence-corrected chi connectivity index (χ0v) is 10.00. The number of benzene rings is 2. The van der Waals surface area contributed by atoms with Gasteiger partial charge in [-0.1, -0.05) is 12.1 Å². The van der Waals surface area contributed by atoms with Crippen molar-refractivity contribution in [3.8, 4) is 0 Å². The molecule has 2 rings (SSSR count). The third-order valence-electron chi connectivity index (χ3n) is 2.71. The first-order valence-electron chi connectivity index (χ1n) is 5.74. The lowest BCUT2D eigenvalue weighted by Crippen LogP contribution is -2.08. The molecule has 1 nitrogen and oxygen atoms in total. The lowest BCUT2D eigenvalue weighted by molar-refractivity contribution is -0.117. The molecule has 2 aromatic carbocycles. The van der Waals surface area contributed by atoms with E-state index < -0.39 is 11.6 Å². The number of halogens is 3. The van der Waals surface area contributed by atoms with Crippen LogP contribution in [0.15, 0.2) is 42.5 Å². The third kappa shape index (κ3) is 3.68. The van der Waals surface area contributed by atoms with Crippen LogP contribution in [0.3, 0.4) is 0 Å². The molecule has 0 amide bonds. The summed E-state index contributed by atoms with van der Waals surface area (Å²) >= 11 is 0. The van der Waals surface area contributed by atoms with Crippen molar-refractivity contribution in [2.24, 2.45) is 0 Å². The molecule has 0 N–H and O–H groups in total. The molecule has 0 atom stereocenters. The van der Waals surface area contributed by atoms with E-state index in [0.717, 1.165) is 18.2 Å². The zero-order valence-electron chi connectivity index (χ0n) is 10.00. The average Bonchev–Trinajstić information content (AvgIpc) is 2.37. The predicted octanol–water partition coefficient (Wildman–Crippen LogP) is 3.46. The maximum atomic E-state index is 13.4. The second-order valence-electron chi connectivity index (χ2n) is 4.25. The van der Waals surface area contributed by atoms with Gasteiger partial charge in [-0.2, -0.15) is 0 Å². The molecule has 0 bridgehead atoms.